The van der Waals surface area contributed by atoms with Crippen molar-refractivity contribution < 1.29 is 0 Å². The van der Waals surface area contributed by atoms with Crippen LogP contribution in [-0.2, 0) is 0 Å². The zero-order valence-electron chi connectivity index (χ0n) is 35.0. The maximum Gasteiger partial charge on any atom is 0.0243 e. The van der Waals surface area contributed by atoms with Crippen LogP contribution >= 0.6 is 0 Å². The third-order valence-corrected chi connectivity index (χ3v) is 12.4. The van der Waals surface area contributed by atoms with Crippen molar-refractivity contribution in [3.05, 3.63) is 0 Å². The van der Waals surface area contributed by atoms with Crippen molar-refractivity contribution >= 4 is 0 Å². The number of hydrogen-bond donors (Lipinski definition) is 6. The van der Waals surface area contributed by atoms with Crippen LogP contribution < -0.4 is 31.9 Å². The van der Waals surface area contributed by atoms with Crippen LogP contribution in [0.1, 0.15) is 188 Å². The molecule has 4 aliphatic heterocycles. The van der Waals surface area contributed by atoms with E-state index in [-0.39, 0.29) is 49.9 Å². The first-order chi connectivity index (χ1) is 21.5. The Hall–Kier alpha value is -0.240. The minimum Gasteiger partial charge on any atom is -0.314 e. The van der Waals surface area contributed by atoms with E-state index in [1.165, 1.54) is 77.0 Å². The van der Waals surface area contributed by atoms with E-state index in [0.717, 1.165) is 6.54 Å². The second kappa shape index (κ2) is 13.6. The predicted octanol–water partition coefficient (Wildman–Crippen LogP) is 8.20. The molecule has 6 heteroatoms. The average Bonchev–Trinajstić information content (AvgIpc) is 2.77. The fourth-order valence-electron chi connectivity index (χ4n) is 12.7. The highest BCUT2D eigenvalue weighted by Gasteiger charge is 2.55. The van der Waals surface area contributed by atoms with Crippen LogP contribution in [0, 0.1) is 11.8 Å². The highest BCUT2D eigenvalue weighted by Crippen LogP contribution is 2.51. The van der Waals surface area contributed by atoms with E-state index in [0.29, 0.717) is 23.9 Å². The van der Waals surface area contributed by atoms with Gasteiger partial charge in [-0.1, -0.05) is 12.8 Å². The zero-order valence-corrected chi connectivity index (χ0v) is 35.0. The number of nitrogens with one attached hydrogen (secondary N) is 6. The first-order valence-electron chi connectivity index (χ1n) is 20.2. The molecular weight excluding hydrogens is 589 g/mol. The smallest absolute Gasteiger partial charge is 0.0243 e. The monoisotopic (exact) mass is 673 g/mol. The Bertz CT molecular complexity index is 980. The second-order valence-corrected chi connectivity index (χ2v) is 22.9. The maximum absolute atomic E-state index is 4.71. The molecule has 0 aromatic heterocycles. The van der Waals surface area contributed by atoms with Gasteiger partial charge in [0, 0.05) is 61.9 Å². The Morgan fingerprint density at radius 2 is 0.729 bits per heavy atom. The van der Waals surface area contributed by atoms with Crippen LogP contribution in [0.15, 0.2) is 0 Å². The molecule has 4 fully saturated rings. The van der Waals surface area contributed by atoms with E-state index in [4.69, 9.17) is 5.32 Å². The summed E-state index contributed by atoms with van der Waals surface area (Å²) in [6.45, 7) is 40.0. The summed E-state index contributed by atoms with van der Waals surface area (Å²) in [6, 6.07) is 1.11. The molecule has 0 aromatic rings. The van der Waals surface area contributed by atoms with Crippen LogP contribution in [-0.4, -0.2) is 68.5 Å². The predicted molar refractivity (Wildman–Crippen MR) is 209 cm³/mol. The molecule has 0 radical (unpaired) electrons. The van der Waals surface area contributed by atoms with Crippen molar-refractivity contribution in [2.24, 2.45) is 11.8 Å². The van der Waals surface area contributed by atoms with Crippen LogP contribution in [0.2, 0.25) is 0 Å². The average molecular weight is 673 g/mol. The molecule has 4 heterocycles. The molecule has 4 rings (SSSR count). The zero-order chi connectivity index (χ0) is 36.2. The molecule has 48 heavy (non-hydrogen) atoms. The third-order valence-electron chi connectivity index (χ3n) is 12.4. The standard InChI is InChI=1S/C42H84N6/c1-34(2)22-30(23-35(3,4)45-34)42(31-24-36(5,6)46-37(7,8)25-31,44-33-28-40(13,14)48-41(15,16)29-33)20-18-17-19-21-43-32-26-38(9,10)47-39(11,12)27-32/h30-33,43-48H,17-29H2,1-16H3. The lowest BCUT2D eigenvalue weighted by molar-refractivity contribution is -0.0339. The first kappa shape index (κ1) is 40.5. The Morgan fingerprint density at radius 3 is 1.08 bits per heavy atom. The molecule has 0 aromatic carbocycles. The van der Waals surface area contributed by atoms with Gasteiger partial charge in [0.05, 0.1) is 0 Å². The molecule has 0 spiro atoms. The van der Waals surface area contributed by atoms with Crippen molar-refractivity contribution in [3.8, 4) is 0 Å². The number of rotatable bonds is 11. The van der Waals surface area contributed by atoms with Gasteiger partial charge in [-0.25, -0.2) is 0 Å². The summed E-state index contributed by atoms with van der Waals surface area (Å²) < 4.78 is 0. The van der Waals surface area contributed by atoms with Gasteiger partial charge in [-0.05, 0) is 193 Å². The van der Waals surface area contributed by atoms with Gasteiger partial charge in [0.15, 0.2) is 0 Å². The molecule has 4 aliphatic rings. The summed E-state index contributed by atoms with van der Waals surface area (Å²) in [6.07, 6.45) is 14.8. The summed E-state index contributed by atoms with van der Waals surface area (Å²) in [7, 11) is 0. The molecule has 0 unspecified atom stereocenters. The van der Waals surface area contributed by atoms with Crippen LogP contribution in [0.4, 0.5) is 0 Å². The summed E-state index contributed by atoms with van der Waals surface area (Å²) in [5.74, 6) is 1.24. The van der Waals surface area contributed by atoms with Gasteiger partial charge in [-0.2, -0.15) is 0 Å². The SMILES string of the molecule is CC1(C)CC(NCCCCCC(NC2CC(C)(C)NC(C)(C)C2)(C2CC(C)(C)NC(C)(C)C2)C2CC(C)(C)NC(C)(C)C2)CC(C)(C)N1. The number of piperidine rings is 4. The van der Waals surface area contributed by atoms with E-state index >= 15 is 0 Å². The third kappa shape index (κ3) is 11.1. The van der Waals surface area contributed by atoms with Gasteiger partial charge < -0.3 is 31.9 Å². The summed E-state index contributed by atoms with van der Waals surface area (Å²) in [5, 5.41) is 24.7. The molecule has 0 saturated carbocycles. The molecule has 0 bridgehead atoms. The maximum atomic E-state index is 4.71. The van der Waals surface area contributed by atoms with E-state index in [9.17, 15) is 0 Å². The lowest BCUT2D eigenvalue weighted by Crippen LogP contribution is -2.72. The van der Waals surface area contributed by atoms with E-state index in [1.807, 2.05) is 0 Å². The second-order valence-electron chi connectivity index (χ2n) is 22.9. The Morgan fingerprint density at radius 1 is 0.417 bits per heavy atom. The van der Waals surface area contributed by atoms with Gasteiger partial charge in [0.25, 0.3) is 0 Å². The Kier molecular flexibility index (Phi) is 11.5. The summed E-state index contributed by atoms with van der Waals surface area (Å²) in [4.78, 5) is 0. The fourth-order valence-corrected chi connectivity index (χ4v) is 12.7. The van der Waals surface area contributed by atoms with Crippen molar-refractivity contribution in [3.63, 3.8) is 0 Å². The van der Waals surface area contributed by atoms with Crippen LogP contribution in [0.3, 0.4) is 0 Å². The molecule has 0 aliphatic carbocycles. The van der Waals surface area contributed by atoms with Crippen molar-refractivity contribution in [2.45, 2.75) is 250 Å². The van der Waals surface area contributed by atoms with Crippen molar-refractivity contribution in [1.82, 2.24) is 31.9 Å². The van der Waals surface area contributed by atoms with Gasteiger partial charge in [0.2, 0.25) is 0 Å². The van der Waals surface area contributed by atoms with Gasteiger partial charge in [0.1, 0.15) is 0 Å². The normalized spacial score (nSPS) is 30.2. The number of unbranched alkanes of at least 4 members (excludes halogenated alkanes) is 2. The lowest BCUT2D eigenvalue weighted by Gasteiger charge is -2.61. The lowest BCUT2D eigenvalue weighted by atomic mass is 9.56. The molecule has 4 saturated heterocycles. The fraction of sp³-hybridized carbons (Fsp3) is 1.00. The highest BCUT2D eigenvalue weighted by atomic mass is 15.1. The minimum atomic E-state index is 0.0952. The van der Waals surface area contributed by atoms with E-state index in [1.54, 1.807) is 0 Å². The van der Waals surface area contributed by atoms with E-state index in [2.05, 4.69) is 137 Å². The van der Waals surface area contributed by atoms with Crippen molar-refractivity contribution in [2.75, 3.05) is 6.54 Å². The summed E-state index contributed by atoms with van der Waals surface area (Å²) >= 11 is 0. The van der Waals surface area contributed by atoms with Crippen LogP contribution in [0.25, 0.3) is 0 Å². The molecule has 282 valence electrons. The minimum absolute atomic E-state index is 0.0952. The largest absolute Gasteiger partial charge is 0.314 e. The topological polar surface area (TPSA) is 72.2 Å². The van der Waals surface area contributed by atoms with Crippen molar-refractivity contribution in [1.29, 1.82) is 0 Å². The van der Waals surface area contributed by atoms with Gasteiger partial charge in [-0.15, -0.1) is 0 Å². The van der Waals surface area contributed by atoms with E-state index < -0.39 is 0 Å². The number of hydrogen-bond acceptors (Lipinski definition) is 6. The molecule has 6 N–H and O–H groups in total. The van der Waals surface area contributed by atoms with Gasteiger partial charge in [-0.3, -0.25) is 0 Å². The first-order valence-corrected chi connectivity index (χ1v) is 20.2. The van der Waals surface area contributed by atoms with Gasteiger partial charge >= 0.3 is 0 Å². The molecule has 0 atom stereocenters. The molecule has 0 amide bonds. The Labute approximate surface area is 299 Å². The van der Waals surface area contributed by atoms with Crippen LogP contribution in [0.5, 0.6) is 0 Å². The highest BCUT2D eigenvalue weighted by molar-refractivity contribution is 5.14. The Balaban J connectivity index is 1.62. The molecule has 6 nitrogen and oxygen atoms in total. The molecular formula is C42H84N6. The summed E-state index contributed by atoms with van der Waals surface area (Å²) in [5.41, 5.74) is 1.17. The quantitative estimate of drug-likeness (QED) is 0.124.